The predicted molar refractivity (Wildman–Crippen MR) is 143 cm³/mol. The number of benzene rings is 3. The van der Waals surface area contributed by atoms with Crippen molar-refractivity contribution >= 4 is 11.4 Å². The Balaban J connectivity index is 1.05. The second kappa shape index (κ2) is 10.5. The Bertz CT molecular complexity index is 1110. The smallest absolute Gasteiger partial charge is 0.150 e. The van der Waals surface area contributed by atoms with Crippen LogP contribution in [0.25, 0.3) is 0 Å². The van der Waals surface area contributed by atoms with Crippen molar-refractivity contribution in [2.24, 2.45) is 0 Å². The molecule has 4 fully saturated rings. The number of nitrogens with zero attached hydrogens (tertiary/aromatic N) is 2. The van der Waals surface area contributed by atoms with Crippen LogP contribution in [0.2, 0.25) is 0 Å². The molecule has 8 heteroatoms. The lowest BCUT2D eigenvalue weighted by molar-refractivity contribution is 0.387. The second-order valence-electron chi connectivity index (χ2n) is 10.2. The standard InChI is InChI=1S/C30H32N2O6/c1-3-7-29(27(5-1)31(13-23-17-33-23)14-24-18-34-24)37-21-9-11-22(12-10-21)38-30-8-4-2-6-28(30)32(15-25-19-35-25)16-26-20-36-26/h1-12,23-26H,13-20H2. The van der Waals surface area contributed by atoms with Crippen molar-refractivity contribution in [1.29, 1.82) is 0 Å². The number of epoxide rings is 4. The lowest BCUT2D eigenvalue weighted by atomic mass is 10.2. The van der Waals surface area contributed by atoms with Gasteiger partial charge in [0.25, 0.3) is 0 Å². The largest absolute Gasteiger partial charge is 0.455 e. The van der Waals surface area contributed by atoms with Crippen molar-refractivity contribution in [2.75, 3.05) is 62.4 Å². The van der Waals surface area contributed by atoms with E-state index < -0.39 is 0 Å². The lowest BCUT2D eigenvalue weighted by Gasteiger charge is -2.26. The normalized spacial score (nSPS) is 24.4. The highest BCUT2D eigenvalue weighted by atomic mass is 16.6. The Morgan fingerprint density at radius 1 is 0.500 bits per heavy atom. The van der Waals surface area contributed by atoms with Gasteiger partial charge in [0, 0.05) is 26.2 Å². The summed E-state index contributed by atoms with van der Waals surface area (Å²) >= 11 is 0. The number of rotatable bonds is 14. The quantitative estimate of drug-likeness (QED) is 0.291. The van der Waals surface area contributed by atoms with E-state index in [9.17, 15) is 0 Å². The maximum absolute atomic E-state index is 6.35. The van der Waals surface area contributed by atoms with Gasteiger partial charge in [-0.1, -0.05) is 24.3 Å². The Hall–Kier alpha value is -3.30. The molecule has 0 aromatic heterocycles. The van der Waals surface area contributed by atoms with Crippen molar-refractivity contribution in [3.8, 4) is 23.0 Å². The highest BCUT2D eigenvalue weighted by Crippen LogP contribution is 2.37. The number of hydrogen-bond donors (Lipinski definition) is 0. The monoisotopic (exact) mass is 516 g/mol. The first-order valence-electron chi connectivity index (χ1n) is 13.4. The second-order valence-corrected chi connectivity index (χ2v) is 10.2. The minimum absolute atomic E-state index is 0.283. The summed E-state index contributed by atoms with van der Waals surface area (Å²) in [5.41, 5.74) is 2.10. The van der Waals surface area contributed by atoms with Gasteiger partial charge in [0.2, 0.25) is 0 Å². The molecule has 0 aliphatic carbocycles. The fraction of sp³-hybridized carbons (Fsp3) is 0.400. The van der Waals surface area contributed by atoms with E-state index in [1.807, 2.05) is 60.7 Å². The van der Waals surface area contributed by atoms with E-state index in [1.165, 1.54) is 0 Å². The summed E-state index contributed by atoms with van der Waals surface area (Å²) in [5.74, 6) is 3.13. The van der Waals surface area contributed by atoms with Gasteiger partial charge in [-0.3, -0.25) is 0 Å². The SMILES string of the molecule is c1ccc(N(CC2CO2)CC2CO2)c(Oc2ccc(Oc3ccccc3N(CC3CO3)CC3CO3)cc2)c1. The average Bonchev–Trinajstić information content (AvgIpc) is 3.75. The van der Waals surface area contributed by atoms with Gasteiger partial charge in [0.15, 0.2) is 11.5 Å². The molecule has 4 saturated heterocycles. The molecule has 7 rings (SSSR count). The van der Waals surface area contributed by atoms with Gasteiger partial charge in [-0.25, -0.2) is 0 Å². The molecule has 0 amide bonds. The maximum atomic E-state index is 6.35. The molecular weight excluding hydrogens is 484 g/mol. The van der Waals surface area contributed by atoms with Crippen LogP contribution in [0.3, 0.4) is 0 Å². The first-order chi connectivity index (χ1) is 18.8. The van der Waals surface area contributed by atoms with Crippen molar-refractivity contribution in [2.45, 2.75) is 24.4 Å². The topological polar surface area (TPSA) is 75.1 Å². The van der Waals surface area contributed by atoms with E-state index >= 15 is 0 Å². The summed E-state index contributed by atoms with van der Waals surface area (Å²) in [4.78, 5) is 4.62. The van der Waals surface area contributed by atoms with Crippen LogP contribution >= 0.6 is 0 Å². The van der Waals surface area contributed by atoms with Crippen LogP contribution in [-0.4, -0.2) is 77.0 Å². The minimum Gasteiger partial charge on any atom is -0.455 e. The first-order valence-corrected chi connectivity index (χ1v) is 13.4. The Morgan fingerprint density at radius 3 is 1.13 bits per heavy atom. The van der Waals surface area contributed by atoms with Crippen LogP contribution in [0, 0.1) is 0 Å². The molecule has 0 N–H and O–H groups in total. The van der Waals surface area contributed by atoms with Crippen molar-refractivity contribution < 1.29 is 28.4 Å². The minimum atomic E-state index is 0.283. The van der Waals surface area contributed by atoms with Gasteiger partial charge in [-0.2, -0.15) is 0 Å². The third kappa shape index (κ3) is 6.22. The molecule has 8 nitrogen and oxygen atoms in total. The average molecular weight is 517 g/mol. The Labute approximate surface area is 222 Å². The molecule has 4 aliphatic rings. The summed E-state index contributed by atoms with van der Waals surface area (Å²) in [5, 5.41) is 0. The van der Waals surface area contributed by atoms with E-state index in [0.717, 1.165) is 87.0 Å². The summed E-state index contributed by atoms with van der Waals surface area (Å²) in [7, 11) is 0. The van der Waals surface area contributed by atoms with E-state index in [2.05, 4.69) is 21.9 Å². The van der Waals surface area contributed by atoms with Crippen molar-refractivity contribution in [1.82, 2.24) is 0 Å². The van der Waals surface area contributed by atoms with Crippen LogP contribution < -0.4 is 19.3 Å². The molecule has 0 spiro atoms. The zero-order valence-corrected chi connectivity index (χ0v) is 21.2. The van der Waals surface area contributed by atoms with E-state index in [-0.39, 0.29) is 24.4 Å². The van der Waals surface area contributed by atoms with Crippen LogP contribution in [0.15, 0.2) is 72.8 Å². The van der Waals surface area contributed by atoms with Crippen LogP contribution in [0.4, 0.5) is 11.4 Å². The highest BCUT2D eigenvalue weighted by molar-refractivity contribution is 5.61. The number of para-hydroxylation sites is 4. The van der Waals surface area contributed by atoms with Gasteiger partial charge in [0.1, 0.15) is 11.5 Å². The fourth-order valence-electron chi connectivity index (χ4n) is 4.66. The summed E-state index contributed by atoms with van der Waals surface area (Å²) in [6.45, 7) is 6.61. The number of anilines is 2. The number of hydrogen-bond acceptors (Lipinski definition) is 8. The van der Waals surface area contributed by atoms with Crippen molar-refractivity contribution in [3.63, 3.8) is 0 Å². The molecular formula is C30H32N2O6. The van der Waals surface area contributed by atoms with Gasteiger partial charge >= 0.3 is 0 Å². The molecule has 0 bridgehead atoms. The molecule has 4 unspecified atom stereocenters. The Morgan fingerprint density at radius 2 is 0.816 bits per heavy atom. The molecule has 3 aromatic carbocycles. The zero-order valence-electron chi connectivity index (χ0n) is 21.2. The number of ether oxygens (including phenoxy) is 6. The molecule has 4 atom stereocenters. The molecule has 0 saturated carbocycles. The molecule has 3 aromatic rings. The summed E-state index contributed by atoms with van der Waals surface area (Å²) in [6, 6.07) is 24.1. The van der Waals surface area contributed by atoms with Gasteiger partial charge in [-0.05, 0) is 48.5 Å². The summed E-state index contributed by atoms with van der Waals surface area (Å²) < 4.78 is 34.7. The molecule has 38 heavy (non-hydrogen) atoms. The van der Waals surface area contributed by atoms with Gasteiger partial charge in [0.05, 0.1) is 62.2 Å². The Kier molecular flexibility index (Phi) is 6.55. The van der Waals surface area contributed by atoms with E-state index in [1.54, 1.807) is 0 Å². The predicted octanol–water partition coefficient (Wildman–Crippen LogP) is 4.48. The van der Waals surface area contributed by atoms with Gasteiger partial charge < -0.3 is 38.2 Å². The maximum Gasteiger partial charge on any atom is 0.150 e. The molecule has 0 radical (unpaired) electrons. The van der Waals surface area contributed by atoms with Crippen LogP contribution in [0.1, 0.15) is 0 Å². The van der Waals surface area contributed by atoms with E-state index in [0.29, 0.717) is 0 Å². The van der Waals surface area contributed by atoms with Crippen LogP contribution in [-0.2, 0) is 18.9 Å². The van der Waals surface area contributed by atoms with E-state index in [4.69, 9.17) is 28.4 Å². The third-order valence-corrected chi connectivity index (χ3v) is 7.00. The fourth-order valence-corrected chi connectivity index (χ4v) is 4.66. The lowest BCUT2D eigenvalue weighted by Crippen LogP contribution is -2.31. The third-order valence-electron chi connectivity index (χ3n) is 7.00. The van der Waals surface area contributed by atoms with Crippen LogP contribution in [0.5, 0.6) is 23.0 Å². The molecule has 198 valence electrons. The van der Waals surface area contributed by atoms with Gasteiger partial charge in [-0.15, -0.1) is 0 Å². The summed E-state index contributed by atoms with van der Waals surface area (Å²) in [6.07, 6.45) is 1.13. The highest BCUT2D eigenvalue weighted by Gasteiger charge is 2.33. The molecule has 4 heterocycles. The van der Waals surface area contributed by atoms with Crippen molar-refractivity contribution in [3.05, 3.63) is 72.8 Å². The first kappa shape index (κ1) is 23.8. The molecule has 4 aliphatic heterocycles. The zero-order chi connectivity index (χ0) is 25.3.